The van der Waals surface area contributed by atoms with Gasteiger partial charge in [0, 0.05) is 11.6 Å². The predicted octanol–water partition coefficient (Wildman–Crippen LogP) is 1.76. The minimum Gasteiger partial charge on any atom is -0.484 e. The second-order valence-electron chi connectivity index (χ2n) is 8.93. The first-order valence-corrected chi connectivity index (χ1v) is 11.6. The summed E-state index contributed by atoms with van der Waals surface area (Å²) in [5, 5.41) is 20.1. The molecule has 2 aromatic rings. The number of ether oxygens (including phenoxy) is 3. The second kappa shape index (κ2) is 10.3. The van der Waals surface area contributed by atoms with E-state index in [1.807, 2.05) is 0 Å². The molecule has 0 aliphatic heterocycles. The zero-order valence-electron chi connectivity index (χ0n) is 19.3. The average Bonchev–Trinajstić information content (AvgIpc) is 3.33. The van der Waals surface area contributed by atoms with Gasteiger partial charge in [0.05, 0.1) is 29.8 Å². The highest BCUT2D eigenvalue weighted by atomic mass is 35.5. The number of methoxy groups -OCH3 is 1. The Hall–Kier alpha value is -3.38. The molecule has 1 heterocycles. The molecule has 36 heavy (non-hydrogen) atoms. The fourth-order valence-corrected chi connectivity index (χ4v) is 4.80. The molecule has 3 aliphatic carbocycles. The Bertz CT molecular complexity index is 1150. The van der Waals surface area contributed by atoms with Crippen molar-refractivity contribution in [2.24, 2.45) is 0 Å². The minimum absolute atomic E-state index is 0.0444. The first kappa shape index (κ1) is 25.7. The number of hydrogen-bond donors (Lipinski definition) is 3. The second-order valence-corrected chi connectivity index (χ2v) is 9.33. The molecule has 3 fully saturated rings. The van der Waals surface area contributed by atoms with Gasteiger partial charge >= 0.3 is 5.97 Å². The summed E-state index contributed by atoms with van der Waals surface area (Å²) in [6.07, 6.45) is 1.32. The Kier molecular flexibility index (Phi) is 7.36. The molecule has 194 valence electrons. The Labute approximate surface area is 210 Å². The van der Waals surface area contributed by atoms with Crippen molar-refractivity contribution in [2.45, 2.75) is 49.3 Å². The van der Waals surface area contributed by atoms with Crippen molar-refractivity contribution >= 4 is 29.4 Å². The lowest BCUT2D eigenvalue weighted by Gasteiger charge is -2.56. The Balaban J connectivity index is 1.26. The van der Waals surface area contributed by atoms with E-state index in [0.717, 1.165) is 6.07 Å². The molecule has 11 nitrogen and oxygen atoms in total. The van der Waals surface area contributed by atoms with Crippen LogP contribution in [0.25, 0.3) is 0 Å². The number of aliphatic hydroxyl groups is 1. The van der Waals surface area contributed by atoms with Gasteiger partial charge in [-0.25, -0.2) is 9.18 Å². The van der Waals surface area contributed by atoms with Crippen LogP contribution in [0.2, 0.25) is 5.02 Å². The van der Waals surface area contributed by atoms with Crippen molar-refractivity contribution in [3.8, 4) is 11.6 Å². The predicted molar refractivity (Wildman–Crippen MR) is 121 cm³/mol. The van der Waals surface area contributed by atoms with Crippen molar-refractivity contribution in [3.63, 3.8) is 0 Å². The van der Waals surface area contributed by atoms with E-state index in [1.54, 1.807) is 0 Å². The number of amides is 2. The monoisotopic (exact) mass is 525 g/mol. The molecule has 2 amide bonds. The first-order chi connectivity index (χ1) is 17.1. The summed E-state index contributed by atoms with van der Waals surface area (Å²) >= 11 is 5.64. The fraction of sp³-hybridized carbons (Fsp3) is 0.478. The number of carbonyl (C=O) groups is 3. The van der Waals surface area contributed by atoms with Gasteiger partial charge in [-0.05, 0) is 49.4 Å². The van der Waals surface area contributed by atoms with Crippen molar-refractivity contribution < 1.29 is 42.6 Å². The number of benzene rings is 1. The van der Waals surface area contributed by atoms with Crippen LogP contribution >= 0.6 is 11.6 Å². The Morgan fingerprint density at radius 2 is 1.83 bits per heavy atom. The van der Waals surface area contributed by atoms with Crippen LogP contribution in [0, 0.1) is 5.82 Å². The lowest BCUT2D eigenvalue weighted by Crippen LogP contribution is -2.70. The van der Waals surface area contributed by atoms with Gasteiger partial charge < -0.3 is 34.5 Å². The SMILES string of the molecule is COC(=O)c1cc(OCC(=O)NC23CCC(NC(=O)COc4ccc(Cl)c(F)c4)(CC2)C[C@H]3O)no1. The summed E-state index contributed by atoms with van der Waals surface area (Å²) in [5.41, 5.74) is -1.47. The molecule has 1 aromatic heterocycles. The van der Waals surface area contributed by atoms with Gasteiger partial charge in [0.25, 0.3) is 17.7 Å². The molecule has 3 N–H and O–H groups in total. The molecule has 13 heteroatoms. The standard InChI is InChI=1S/C23H25ClFN3O8/c1-33-21(32)16-9-20(28-36-16)35-12-19(31)27-23-6-4-22(5-7-23,10-17(23)29)26-18(30)11-34-13-2-3-14(24)15(25)8-13/h2-3,8-9,17,29H,4-7,10-12H2,1H3,(H,26,30)(H,27,31)/t17-,22?,23?/m1/s1. The van der Waals surface area contributed by atoms with Gasteiger partial charge in [0.2, 0.25) is 5.76 Å². The summed E-state index contributed by atoms with van der Waals surface area (Å²) in [6.45, 7) is -0.718. The molecule has 3 aliphatic rings. The van der Waals surface area contributed by atoms with Crippen LogP contribution in [-0.4, -0.2) is 65.6 Å². The maximum absolute atomic E-state index is 13.5. The van der Waals surface area contributed by atoms with E-state index in [9.17, 15) is 23.9 Å². The number of fused-ring (bicyclic) bond motifs is 3. The van der Waals surface area contributed by atoms with Crippen LogP contribution in [0.5, 0.6) is 11.6 Å². The van der Waals surface area contributed by atoms with Crippen molar-refractivity contribution in [1.29, 1.82) is 0 Å². The lowest BCUT2D eigenvalue weighted by molar-refractivity contribution is -0.137. The highest BCUT2D eigenvalue weighted by molar-refractivity contribution is 6.30. The third-order valence-electron chi connectivity index (χ3n) is 6.60. The third kappa shape index (κ3) is 5.54. The Morgan fingerprint density at radius 1 is 1.14 bits per heavy atom. The fourth-order valence-electron chi connectivity index (χ4n) is 4.69. The van der Waals surface area contributed by atoms with Gasteiger partial charge in [-0.2, -0.15) is 0 Å². The van der Waals surface area contributed by atoms with Crippen LogP contribution in [-0.2, 0) is 14.3 Å². The van der Waals surface area contributed by atoms with E-state index in [-0.39, 0.29) is 35.4 Å². The van der Waals surface area contributed by atoms with Crippen LogP contribution in [0.1, 0.15) is 42.7 Å². The van der Waals surface area contributed by atoms with E-state index in [2.05, 4.69) is 20.5 Å². The summed E-state index contributed by atoms with van der Waals surface area (Å²) in [6, 6.07) is 5.10. The van der Waals surface area contributed by atoms with Crippen LogP contribution in [0.15, 0.2) is 28.8 Å². The highest BCUT2D eigenvalue weighted by Crippen LogP contribution is 2.47. The zero-order valence-corrected chi connectivity index (χ0v) is 20.1. The van der Waals surface area contributed by atoms with E-state index in [1.165, 1.54) is 25.3 Å². The smallest absolute Gasteiger partial charge is 0.377 e. The number of nitrogens with one attached hydrogen (secondary N) is 2. The minimum atomic E-state index is -0.895. The summed E-state index contributed by atoms with van der Waals surface area (Å²) in [5.74, 6) is -2.29. The van der Waals surface area contributed by atoms with Gasteiger partial charge in [-0.1, -0.05) is 11.6 Å². The van der Waals surface area contributed by atoms with E-state index < -0.39 is 47.4 Å². The maximum Gasteiger partial charge on any atom is 0.377 e. The Morgan fingerprint density at radius 3 is 2.50 bits per heavy atom. The van der Waals surface area contributed by atoms with Gasteiger partial charge in [-0.3, -0.25) is 9.59 Å². The van der Waals surface area contributed by atoms with Crippen LogP contribution in [0.4, 0.5) is 4.39 Å². The topological polar surface area (TPSA) is 149 Å². The molecule has 1 aromatic carbocycles. The molecular formula is C23H25ClFN3O8. The number of nitrogens with zero attached hydrogens (tertiary/aromatic N) is 1. The average molecular weight is 526 g/mol. The van der Waals surface area contributed by atoms with Crippen LogP contribution in [0.3, 0.4) is 0 Å². The number of hydrogen-bond acceptors (Lipinski definition) is 9. The quantitative estimate of drug-likeness (QED) is 0.416. The van der Waals surface area contributed by atoms with E-state index in [4.69, 9.17) is 25.6 Å². The van der Waals surface area contributed by atoms with Crippen LogP contribution < -0.4 is 20.1 Å². The molecule has 0 saturated heterocycles. The summed E-state index contributed by atoms with van der Waals surface area (Å²) < 4.78 is 33.4. The molecule has 2 bridgehead atoms. The summed E-state index contributed by atoms with van der Waals surface area (Å²) in [7, 11) is 1.19. The molecular weight excluding hydrogens is 501 g/mol. The van der Waals surface area contributed by atoms with Crippen molar-refractivity contribution in [1.82, 2.24) is 15.8 Å². The van der Waals surface area contributed by atoms with Crippen molar-refractivity contribution in [3.05, 3.63) is 40.9 Å². The molecule has 0 spiro atoms. The van der Waals surface area contributed by atoms with Gasteiger partial charge in [-0.15, -0.1) is 0 Å². The molecule has 5 rings (SSSR count). The molecule has 0 unspecified atom stereocenters. The highest BCUT2D eigenvalue weighted by Gasteiger charge is 2.55. The van der Waals surface area contributed by atoms with Crippen molar-refractivity contribution in [2.75, 3.05) is 20.3 Å². The molecule has 3 saturated carbocycles. The number of carbonyl (C=O) groups excluding carboxylic acids is 3. The maximum atomic E-state index is 13.5. The summed E-state index contributed by atoms with van der Waals surface area (Å²) in [4.78, 5) is 36.4. The number of halogens is 2. The first-order valence-electron chi connectivity index (χ1n) is 11.2. The van der Waals surface area contributed by atoms with Gasteiger partial charge in [0.15, 0.2) is 13.2 Å². The largest absolute Gasteiger partial charge is 0.484 e. The van der Waals surface area contributed by atoms with E-state index in [0.29, 0.717) is 25.7 Å². The number of rotatable bonds is 9. The molecule has 0 radical (unpaired) electrons. The number of aliphatic hydroxyl groups excluding tert-OH is 1. The van der Waals surface area contributed by atoms with Gasteiger partial charge in [0.1, 0.15) is 11.6 Å². The van der Waals surface area contributed by atoms with E-state index >= 15 is 0 Å². The zero-order chi connectivity index (χ0) is 25.9. The number of esters is 1. The normalized spacial score (nSPS) is 24.6. The molecule has 1 atom stereocenters. The number of aromatic nitrogens is 1. The lowest BCUT2D eigenvalue weighted by atomic mass is 9.60. The third-order valence-corrected chi connectivity index (χ3v) is 6.91.